The lowest BCUT2D eigenvalue weighted by Crippen LogP contribution is -2.51. The highest BCUT2D eigenvalue weighted by Crippen LogP contribution is 2.33. The van der Waals surface area contributed by atoms with E-state index in [2.05, 4.69) is 32.8 Å². The highest BCUT2D eigenvalue weighted by molar-refractivity contribution is 5.93. The SMILES string of the molecule is Cn1cccc1C(=O)N1CCN(C(=O)Nc2ccc(C3NCCC3CCn3cncn3)cc2)CC1. The Morgan fingerprint density at radius 3 is 2.54 bits per heavy atom. The molecule has 2 aliphatic heterocycles. The van der Waals surface area contributed by atoms with E-state index < -0.39 is 0 Å². The molecule has 3 amide bonds. The van der Waals surface area contributed by atoms with Crippen molar-refractivity contribution < 1.29 is 9.59 Å². The first kappa shape index (κ1) is 23.1. The minimum atomic E-state index is -0.131. The summed E-state index contributed by atoms with van der Waals surface area (Å²) in [5.74, 6) is 0.544. The van der Waals surface area contributed by atoms with Crippen LogP contribution in [0.25, 0.3) is 0 Å². The van der Waals surface area contributed by atoms with Crippen molar-refractivity contribution in [2.45, 2.75) is 25.4 Å². The third-order valence-corrected chi connectivity index (χ3v) is 7.08. The molecule has 2 N–H and O–H groups in total. The van der Waals surface area contributed by atoms with Crippen LogP contribution in [-0.4, -0.2) is 73.8 Å². The zero-order valence-electron chi connectivity index (χ0n) is 20.0. The molecule has 2 aliphatic rings. The van der Waals surface area contributed by atoms with Gasteiger partial charge in [-0.15, -0.1) is 0 Å². The van der Waals surface area contributed by atoms with E-state index in [0.717, 1.165) is 31.6 Å². The molecule has 3 aromatic rings. The molecule has 35 heavy (non-hydrogen) atoms. The zero-order valence-corrected chi connectivity index (χ0v) is 20.0. The Morgan fingerprint density at radius 1 is 1.09 bits per heavy atom. The van der Waals surface area contributed by atoms with E-state index in [1.807, 2.05) is 51.7 Å². The van der Waals surface area contributed by atoms with E-state index in [-0.39, 0.29) is 11.9 Å². The summed E-state index contributed by atoms with van der Waals surface area (Å²) >= 11 is 0. The molecule has 184 valence electrons. The average Bonchev–Trinajstić information content (AvgIpc) is 3.65. The van der Waals surface area contributed by atoms with E-state index >= 15 is 0 Å². The average molecular weight is 477 g/mol. The molecule has 2 atom stereocenters. The Balaban J connectivity index is 1.12. The van der Waals surface area contributed by atoms with Gasteiger partial charge in [0.05, 0.1) is 0 Å². The summed E-state index contributed by atoms with van der Waals surface area (Å²) < 4.78 is 3.71. The van der Waals surface area contributed by atoms with Crippen LogP contribution in [0, 0.1) is 5.92 Å². The van der Waals surface area contributed by atoms with Gasteiger partial charge in [-0.2, -0.15) is 5.10 Å². The number of aryl methyl sites for hydroxylation is 2. The van der Waals surface area contributed by atoms with Crippen molar-refractivity contribution in [1.29, 1.82) is 0 Å². The van der Waals surface area contributed by atoms with Gasteiger partial charge in [-0.25, -0.2) is 9.78 Å². The lowest BCUT2D eigenvalue weighted by atomic mass is 9.91. The molecule has 0 bridgehead atoms. The van der Waals surface area contributed by atoms with Crippen LogP contribution in [0.4, 0.5) is 10.5 Å². The van der Waals surface area contributed by atoms with Gasteiger partial charge in [0.2, 0.25) is 0 Å². The molecule has 2 unspecified atom stereocenters. The number of nitrogens with zero attached hydrogens (tertiary/aromatic N) is 6. The molecule has 0 saturated carbocycles. The number of amides is 3. The van der Waals surface area contributed by atoms with E-state index in [9.17, 15) is 9.59 Å². The second kappa shape index (κ2) is 10.3. The first-order valence-corrected chi connectivity index (χ1v) is 12.2. The number of hydrogen-bond donors (Lipinski definition) is 2. The van der Waals surface area contributed by atoms with Crippen molar-refractivity contribution in [2.24, 2.45) is 13.0 Å². The Labute approximate surface area is 204 Å². The van der Waals surface area contributed by atoms with Crippen molar-refractivity contribution in [3.8, 4) is 0 Å². The van der Waals surface area contributed by atoms with Crippen LogP contribution in [0.3, 0.4) is 0 Å². The first-order valence-electron chi connectivity index (χ1n) is 12.2. The standard InChI is InChI=1S/C25H32N8O2/c1-30-11-2-3-22(30)24(34)31-13-15-32(16-14-31)25(35)29-21-6-4-19(5-7-21)23-20(8-10-27-23)9-12-33-18-26-17-28-33/h2-7,11,17-18,20,23,27H,8-10,12-16H2,1H3,(H,29,35). The molecule has 5 rings (SSSR count). The molecular weight excluding hydrogens is 444 g/mol. The maximum Gasteiger partial charge on any atom is 0.321 e. The number of carbonyl (C=O) groups excluding carboxylic acids is 2. The number of rotatable bonds is 6. The molecule has 0 radical (unpaired) electrons. The number of piperazine rings is 1. The predicted molar refractivity (Wildman–Crippen MR) is 132 cm³/mol. The molecule has 0 aliphatic carbocycles. The van der Waals surface area contributed by atoms with Crippen LogP contribution in [0.2, 0.25) is 0 Å². The molecule has 2 saturated heterocycles. The van der Waals surface area contributed by atoms with E-state index in [1.54, 1.807) is 17.6 Å². The topological polar surface area (TPSA) is 100 Å². The lowest BCUT2D eigenvalue weighted by molar-refractivity contribution is 0.0662. The minimum absolute atomic E-state index is 0.00765. The summed E-state index contributed by atoms with van der Waals surface area (Å²) in [6, 6.07) is 12.0. The van der Waals surface area contributed by atoms with Crippen molar-refractivity contribution in [1.82, 2.24) is 34.4 Å². The first-order chi connectivity index (χ1) is 17.1. The molecule has 2 fully saturated rings. The molecule has 10 nitrogen and oxygen atoms in total. The van der Waals surface area contributed by atoms with Crippen molar-refractivity contribution >= 4 is 17.6 Å². The van der Waals surface area contributed by atoms with Gasteiger partial charge in [-0.1, -0.05) is 12.1 Å². The number of benzene rings is 1. The van der Waals surface area contributed by atoms with Gasteiger partial charge in [-0.05, 0) is 55.1 Å². The molecule has 1 aromatic carbocycles. The molecule has 2 aromatic heterocycles. The van der Waals surface area contributed by atoms with Crippen LogP contribution in [0.5, 0.6) is 0 Å². The number of carbonyl (C=O) groups is 2. The number of urea groups is 1. The highest BCUT2D eigenvalue weighted by Gasteiger charge is 2.28. The Bertz CT molecular complexity index is 1130. The Kier molecular flexibility index (Phi) is 6.80. The summed E-state index contributed by atoms with van der Waals surface area (Å²) in [4.78, 5) is 33.1. The van der Waals surface area contributed by atoms with E-state index in [0.29, 0.717) is 43.8 Å². The summed E-state index contributed by atoms with van der Waals surface area (Å²) in [7, 11) is 1.87. The van der Waals surface area contributed by atoms with Crippen LogP contribution >= 0.6 is 0 Å². The largest absolute Gasteiger partial charge is 0.347 e. The van der Waals surface area contributed by atoms with Gasteiger partial charge in [-0.3, -0.25) is 9.48 Å². The number of aromatic nitrogens is 4. The van der Waals surface area contributed by atoms with Crippen LogP contribution in [-0.2, 0) is 13.6 Å². The fourth-order valence-corrected chi connectivity index (χ4v) is 5.04. The zero-order chi connectivity index (χ0) is 24.2. The Morgan fingerprint density at radius 2 is 1.86 bits per heavy atom. The van der Waals surface area contributed by atoms with E-state index in [4.69, 9.17) is 0 Å². The van der Waals surface area contributed by atoms with Crippen LogP contribution < -0.4 is 10.6 Å². The molecular formula is C25H32N8O2. The summed E-state index contributed by atoms with van der Waals surface area (Å²) in [5, 5.41) is 10.8. The predicted octanol–water partition coefficient (Wildman–Crippen LogP) is 2.35. The van der Waals surface area contributed by atoms with E-state index in [1.165, 1.54) is 5.56 Å². The maximum absolute atomic E-state index is 12.8. The third kappa shape index (κ3) is 5.22. The number of anilines is 1. The van der Waals surface area contributed by atoms with Gasteiger partial charge >= 0.3 is 6.03 Å². The smallest absolute Gasteiger partial charge is 0.321 e. The van der Waals surface area contributed by atoms with Gasteiger partial charge in [0.15, 0.2) is 0 Å². The van der Waals surface area contributed by atoms with Gasteiger partial charge in [0, 0.05) is 57.7 Å². The maximum atomic E-state index is 12.8. The van der Waals surface area contributed by atoms with Gasteiger partial charge < -0.3 is 25.0 Å². The van der Waals surface area contributed by atoms with Crippen molar-refractivity contribution in [3.63, 3.8) is 0 Å². The van der Waals surface area contributed by atoms with Gasteiger partial charge in [0.25, 0.3) is 5.91 Å². The minimum Gasteiger partial charge on any atom is -0.347 e. The third-order valence-electron chi connectivity index (χ3n) is 7.08. The monoisotopic (exact) mass is 476 g/mol. The van der Waals surface area contributed by atoms with Crippen molar-refractivity contribution in [3.05, 3.63) is 66.5 Å². The summed E-state index contributed by atoms with van der Waals surface area (Å²) in [6.07, 6.45) is 7.37. The van der Waals surface area contributed by atoms with Crippen molar-refractivity contribution in [2.75, 3.05) is 38.0 Å². The number of nitrogens with one attached hydrogen (secondary N) is 2. The Hall–Kier alpha value is -3.66. The second-order valence-corrected chi connectivity index (χ2v) is 9.26. The van der Waals surface area contributed by atoms with Gasteiger partial charge in [0.1, 0.15) is 18.3 Å². The fourth-order valence-electron chi connectivity index (χ4n) is 5.04. The normalized spacial score (nSPS) is 20.3. The lowest BCUT2D eigenvalue weighted by Gasteiger charge is -2.34. The van der Waals surface area contributed by atoms with Crippen LogP contribution in [0.15, 0.2) is 55.2 Å². The highest BCUT2D eigenvalue weighted by atomic mass is 16.2. The number of hydrogen-bond acceptors (Lipinski definition) is 5. The summed E-state index contributed by atoms with van der Waals surface area (Å²) in [5.41, 5.74) is 2.68. The quantitative estimate of drug-likeness (QED) is 0.569. The second-order valence-electron chi connectivity index (χ2n) is 9.26. The fraction of sp³-hybridized carbons (Fsp3) is 0.440. The molecule has 0 spiro atoms. The molecule has 4 heterocycles. The molecule has 10 heteroatoms. The summed E-state index contributed by atoms with van der Waals surface area (Å²) in [6.45, 7) is 3.95. The van der Waals surface area contributed by atoms with Crippen LogP contribution in [0.1, 0.15) is 34.9 Å².